The molecule has 0 radical (unpaired) electrons. The third-order valence-electron chi connectivity index (χ3n) is 4.54. The van der Waals surface area contributed by atoms with E-state index in [1.165, 1.54) is 15.6 Å². The maximum Gasteiger partial charge on any atom is 0.252 e. The van der Waals surface area contributed by atoms with Crippen molar-refractivity contribution >= 4 is 38.0 Å². The number of anilines is 1. The second kappa shape index (κ2) is 7.85. The first-order valence-electron chi connectivity index (χ1n) is 8.78. The molecule has 1 aliphatic rings. The van der Waals surface area contributed by atoms with Gasteiger partial charge in [0.2, 0.25) is 0 Å². The average Bonchev–Trinajstić information content (AvgIpc) is 3.22. The Bertz CT molecular complexity index is 1150. The van der Waals surface area contributed by atoms with Gasteiger partial charge in [-0.25, -0.2) is 8.42 Å². The summed E-state index contributed by atoms with van der Waals surface area (Å²) in [5.41, 5.74) is 1.96. The van der Waals surface area contributed by atoms with Crippen molar-refractivity contribution in [3.05, 3.63) is 53.0 Å². The topological polar surface area (TPSA) is 95.3 Å². The van der Waals surface area contributed by atoms with Gasteiger partial charge in [0, 0.05) is 36.1 Å². The van der Waals surface area contributed by atoms with Gasteiger partial charge in [0.1, 0.15) is 10.3 Å². The van der Waals surface area contributed by atoms with E-state index in [-0.39, 0.29) is 0 Å². The van der Waals surface area contributed by atoms with E-state index in [1.54, 1.807) is 18.3 Å². The van der Waals surface area contributed by atoms with Gasteiger partial charge in [0.15, 0.2) is 0 Å². The van der Waals surface area contributed by atoms with Crippen LogP contribution in [0.2, 0.25) is 0 Å². The lowest BCUT2D eigenvalue weighted by molar-refractivity contribution is 0.0731. The summed E-state index contributed by atoms with van der Waals surface area (Å²) in [4.78, 5) is 5.17. The lowest BCUT2D eigenvalue weighted by Gasteiger charge is -2.25. The van der Waals surface area contributed by atoms with Gasteiger partial charge in [-0.05, 0) is 18.2 Å². The van der Waals surface area contributed by atoms with Crippen molar-refractivity contribution in [3.8, 4) is 6.07 Å². The maximum absolute atomic E-state index is 12.8. The highest BCUT2D eigenvalue weighted by molar-refractivity contribution is 7.91. The molecule has 28 heavy (non-hydrogen) atoms. The van der Waals surface area contributed by atoms with Gasteiger partial charge in [-0.15, -0.1) is 11.3 Å². The first-order valence-corrected chi connectivity index (χ1v) is 11.0. The molecule has 1 fully saturated rings. The number of ether oxygens (including phenoxy) is 1. The first kappa shape index (κ1) is 18.8. The van der Waals surface area contributed by atoms with E-state index in [9.17, 15) is 13.7 Å². The van der Waals surface area contributed by atoms with Gasteiger partial charge in [0.25, 0.3) is 10.0 Å². The molecule has 1 saturated heterocycles. The van der Waals surface area contributed by atoms with Gasteiger partial charge in [-0.2, -0.15) is 9.57 Å². The van der Waals surface area contributed by atoms with Crippen molar-refractivity contribution in [1.82, 2.24) is 9.29 Å². The van der Waals surface area contributed by atoms with Crippen LogP contribution >= 0.6 is 11.3 Å². The number of hydrogen-bond acceptors (Lipinski definition) is 7. The van der Waals surface area contributed by atoms with Gasteiger partial charge in [-0.1, -0.05) is 18.2 Å². The van der Waals surface area contributed by atoms with Crippen molar-refractivity contribution < 1.29 is 13.2 Å². The number of thiophene rings is 1. The molecule has 0 spiro atoms. The van der Waals surface area contributed by atoms with E-state index in [0.717, 1.165) is 15.8 Å². The normalized spacial score (nSPS) is 15.4. The average molecular weight is 415 g/mol. The minimum absolute atomic E-state index is 0.325. The fraction of sp³-hybridized carbons (Fsp3) is 0.263. The molecule has 0 aliphatic carbocycles. The van der Waals surface area contributed by atoms with Crippen LogP contribution in [0.5, 0.6) is 0 Å². The van der Waals surface area contributed by atoms with Crippen LogP contribution in [-0.2, 0) is 21.3 Å². The number of morpholine rings is 1. The zero-order valence-electron chi connectivity index (χ0n) is 15.0. The molecule has 3 heterocycles. The largest absolute Gasteiger partial charge is 0.379 e. The molecule has 0 unspecified atom stereocenters. The molecule has 0 amide bonds. The summed E-state index contributed by atoms with van der Waals surface area (Å²) in [6.45, 7) is 2.02. The Balaban J connectivity index is 1.56. The molecule has 1 aliphatic heterocycles. The lowest BCUT2D eigenvalue weighted by Crippen LogP contribution is -2.40. The van der Waals surface area contributed by atoms with E-state index in [2.05, 4.69) is 16.4 Å². The fourth-order valence-electron chi connectivity index (χ4n) is 3.10. The molecular formula is C19H18N4O3S2. The number of rotatable bonds is 5. The van der Waals surface area contributed by atoms with Gasteiger partial charge in [0.05, 0.1) is 30.0 Å². The molecule has 1 N–H and O–H groups in total. The Morgan fingerprint density at radius 3 is 2.79 bits per heavy atom. The first-order chi connectivity index (χ1) is 13.6. The van der Waals surface area contributed by atoms with Crippen LogP contribution < -0.4 is 5.32 Å². The number of sulfonamides is 1. The number of aromatic nitrogens is 1. The number of nitrogens with one attached hydrogen (secondary N) is 1. The molecule has 0 saturated carbocycles. The molecular weight excluding hydrogens is 396 g/mol. The van der Waals surface area contributed by atoms with Crippen molar-refractivity contribution in [2.45, 2.75) is 10.8 Å². The predicted molar refractivity (Wildman–Crippen MR) is 108 cm³/mol. The third kappa shape index (κ3) is 3.59. The zero-order valence-corrected chi connectivity index (χ0v) is 16.6. The quantitative estimate of drug-likeness (QED) is 0.690. The Morgan fingerprint density at radius 1 is 1.21 bits per heavy atom. The molecule has 9 heteroatoms. The highest BCUT2D eigenvalue weighted by atomic mass is 32.2. The molecule has 2 aromatic heterocycles. The van der Waals surface area contributed by atoms with Crippen molar-refractivity contribution in [2.24, 2.45) is 0 Å². The Hall–Kier alpha value is -2.51. The lowest BCUT2D eigenvalue weighted by atomic mass is 10.1. The van der Waals surface area contributed by atoms with Crippen LogP contribution in [0.1, 0.15) is 10.4 Å². The Morgan fingerprint density at radius 2 is 2.00 bits per heavy atom. The van der Waals surface area contributed by atoms with Crippen LogP contribution in [0.4, 0.5) is 5.69 Å². The van der Waals surface area contributed by atoms with E-state index in [4.69, 9.17) is 4.74 Å². The molecule has 0 atom stereocenters. The predicted octanol–water partition coefficient (Wildman–Crippen LogP) is 2.80. The SMILES string of the molecule is N#Cc1cnc2ccccc2c1NCc1ccc(S(=O)(=O)N2CCOCC2)s1. The highest BCUT2D eigenvalue weighted by Gasteiger charge is 2.27. The molecule has 4 rings (SSSR count). The van der Waals surface area contributed by atoms with Crippen LogP contribution in [0.25, 0.3) is 10.9 Å². The number of benzene rings is 1. The van der Waals surface area contributed by atoms with Gasteiger partial charge >= 0.3 is 0 Å². The Labute approximate surface area is 167 Å². The Kier molecular flexibility index (Phi) is 5.28. The number of hydrogen-bond donors (Lipinski definition) is 1. The van der Waals surface area contributed by atoms with Crippen LogP contribution in [0.15, 0.2) is 46.8 Å². The summed E-state index contributed by atoms with van der Waals surface area (Å²) >= 11 is 1.24. The summed E-state index contributed by atoms with van der Waals surface area (Å²) in [7, 11) is -3.49. The maximum atomic E-state index is 12.8. The van der Waals surface area contributed by atoms with Gasteiger partial charge in [-0.3, -0.25) is 4.98 Å². The van der Waals surface area contributed by atoms with Crippen molar-refractivity contribution in [1.29, 1.82) is 5.26 Å². The van der Waals surface area contributed by atoms with Gasteiger partial charge < -0.3 is 10.1 Å². The minimum atomic E-state index is -3.49. The van der Waals surface area contributed by atoms with Crippen molar-refractivity contribution in [3.63, 3.8) is 0 Å². The number of nitriles is 1. The van der Waals surface area contributed by atoms with E-state index < -0.39 is 10.0 Å². The van der Waals surface area contributed by atoms with Crippen LogP contribution in [0, 0.1) is 11.3 Å². The minimum Gasteiger partial charge on any atom is -0.379 e. The van der Waals surface area contributed by atoms with Crippen molar-refractivity contribution in [2.75, 3.05) is 31.6 Å². The summed E-state index contributed by atoms with van der Waals surface area (Å²) in [6, 6.07) is 13.2. The summed E-state index contributed by atoms with van der Waals surface area (Å²) in [5, 5.41) is 13.6. The molecule has 3 aromatic rings. The number of para-hydroxylation sites is 1. The monoisotopic (exact) mass is 414 g/mol. The molecule has 7 nitrogen and oxygen atoms in total. The standard InChI is InChI=1S/C19H18N4O3S2/c20-11-14-12-21-17-4-2-1-3-16(17)19(14)22-13-15-5-6-18(27-15)28(24,25)23-7-9-26-10-8-23/h1-6,12H,7-10,13H2,(H,21,22). The van der Waals surface area contributed by atoms with E-state index in [1.807, 2.05) is 24.3 Å². The summed E-state index contributed by atoms with van der Waals surface area (Å²) in [6.07, 6.45) is 1.55. The highest BCUT2D eigenvalue weighted by Crippen LogP contribution is 2.29. The van der Waals surface area contributed by atoms with Crippen LogP contribution in [-0.4, -0.2) is 44.0 Å². The van der Waals surface area contributed by atoms with E-state index in [0.29, 0.717) is 48.3 Å². The van der Waals surface area contributed by atoms with E-state index >= 15 is 0 Å². The summed E-state index contributed by atoms with van der Waals surface area (Å²) in [5.74, 6) is 0. The van der Waals surface area contributed by atoms with Crippen LogP contribution in [0.3, 0.4) is 0 Å². The second-order valence-electron chi connectivity index (χ2n) is 6.27. The smallest absolute Gasteiger partial charge is 0.252 e. The number of pyridine rings is 1. The second-order valence-corrected chi connectivity index (χ2v) is 9.60. The fourth-order valence-corrected chi connectivity index (χ4v) is 5.96. The molecule has 144 valence electrons. The third-order valence-corrected chi connectivity index (χ3v) is 7.99. The molecule has 0 bridgehead atoms. The number of fused-ring (bicyclic) bond motifs is 1. The number of nitrogens with zero attached hydrogens (tertiary/aromatic N) is 3. The molecule has 1 aromatic carbocycles. The summed E-state index contributed by atoms with van der Waals surface area (Å²) < 4.78 is 32.5. The zero-order chi connectivity index (χ0) is 19.6.